The number of benzene rings is 1. The first-order valence-corrected chi connectivity index (χ1v) is 9.25. The van der Waals surface area contributed by atoms with Crippen molar-refractivity contribution in [3.05, 3.63) is 29.8 Å². The lowest BCUT2D eigenvalue weighted by atomic mass is 10.2. The maximum Gasteiger partial charge on any atom is 0.243 e. The molecule has 1 N–H and O–H groups in total. The number of hydrogen-bond donors (Lipinski definition) is 1. The van der Waals surface area contributed by atoms with E-state index in [1.807, 2.05) is 6.92 Å². The summed E-state index contributed by atoms with van der Waals surface area (Å²) in [4.78, 5) is 12.1. The fourth-order valence-corrected chi connectivity index (χ4v) is 3.33. The number of carbonyl (C=O) groups is 1. The van der Waals surface area contributed by atoms with Gasteiger partial charge in [0.2, 0.25) is 15.9 Å². The summed E-state index contributed by atoms with van der Waals surface area (Å²) in [5.74, 6) is -2.75. The second-order valence-electron chi connectivity index (χ2n) is 5.33. The van der Waals surface area contributed by atoms with Crippen LogP contribution in [0.25, 0.3) is 0 Å². The van der Waals surface area contributed by atoms with Gasteiger partial charge in [-0.1, -0.05) is 19.8 Å². The van der Waals surface area contributed by atoms with Crippen molar-refractivity contribution in [2.75, 3.05) is 17.1 Å². The molecule has 0 spiro atoms. The number of halogens is 2. The molecule has 130 valence electrons. The van der Waals surface area contributed by atoms with Crippen LogP contribution in [0.5, 0.6) is 0 Å². The maximum atomic E-state index is 13.4. The highest BCUT2D eigenvalue weighted by atomic mass is 32.2. The Morgan fingerprint density at radius 2 is 1.91 bits per heavy atom. The fourth-order valence-electron chi connectivity index (χ4n) is 2.17. The molecule has 0 aliphatic carbocycles. The Bertz CT molecular complexity index is 650. The van der Waals surface area contributed by atoms with Crippen LogP contribution in [0.15, 0.2) is 18.2 Å². The summed E-state index contributed by atoms with van der Waals surface area (Å²) in [6.45, 7) is 3.86. The van der Waals surface area contributed by atoms with E-state index in [-0.39, 0.29) is 5.69 Å². The van der Waals surface area contributed by atoms with Crippen LogP contribution in [0.1, 0.15) is 33.1 Å². The number of carbonyl (C=O) groups excluding carboxylic acids is 1. The molecule has 1 atom stereocenters. The van der Waals surface area contributed by atoms with E-state index in [0.29, 0.717) is 6.54 Å². The van der Waals surface area contributed by atoms with Crippen LogP contribution in [0.2, 0.25) is 0 Å². The van der Waals surface area contributed by atoms with E-state index in [1.54, 1.807) is 0 Å². The van der Waals surface area contributed by atoms with Crippen molar-refractivity contribution in [2.45, 2.75) is 39.2 Å². The van der Waals surface area contributed by atoms with Gasteiger partial charge in [-0.3, -0.25) is 9.10 Å². The van der Waals surface area contributed by atoms with Crippen LogP contribution in [-0.2, 0) is 14.8 Å². The van der Waals surface area contributed by atoms with Gasteiger partial charge in [0, 0.05) is 12.6 Å². The molecule has 8 heteroatoms. The zero-order valence-corrected chi connectivity index (χ0v) is 14.3. The van der Waals surface area contributed by atoms with E-state index in [9.17, 15) is 22.0 Å². The van der Waals surface area contributed by atoms with Crippen LogP contribution in [0.4, 0.5) is 14.5 Å². The predicted molar refractivity (Wildman–Crippen MR) is 85.7 cm³/mol. The molecule has 1 aromatic carbocycles. The maximum absolute atomic E-state index is 13.4. The Kier molecular flexibility index (Phi) is 6.93. The molecule has 0 bridgehead atoms. The molecule has 1 rings (SSSR count). The number of nitrogens with one attached hydrogen (secondary N) is 1. The zero-order chi connectivity index (χ0) is 17.6. The van der Waals surface area contributed by atoms with Gasteiger partial charge in [-0.05, 0) is 25.5 Å². The van der Waals surface area contributed by atoms with E-state index < -0.39 is 33.6 Å². The van der Waals surface area contributed by atoms with Crippen molar-refractivity contribution in [3.63, 3.8) is 0 Å². The third-order valence-corrected chi connectivity index (χ3v) is 4.57. The van der Waals surface area contributed by atoms with Gasteiger partial charge < -0.3 is 5.32 Å². The molecule has 1 amide bonds. The van der Waals surface area contributed by atoms with Gasteiger partial charge in [0.1, 0.15) is 6.04 Å². The standard InChI is InChI=1S/C15H22F2N2O3S/c1-4-5-6-9-18-15(20)11(2)19(23(3,21)22)12-7-8-13(16)14(17)10-12/h7-8,10-11H,4-6,9H2,1-3H3,(H,18,20)/t11-/m0/s1. The molecule has 0 heterocycles. The fraction of sp³-hybridized carbons (Fsp3) is 0.533. The molecule has 0 saturated heterocycles. The Balaban J connectivity index is 2.98. The number of sulfonamides is 1. The number of amides is 1. The van der Waals surface area contributed by atoms with E-state index in [0.717, 1.165) is 48.0 Å². The number of rotatable bonds is 8. The summed E-state index contributed by atoms with van der Waals surface area (Å²) in [5, 5.41) is 2.65. The number of anilines is 1. The summed E-state index contributed by atoms with van der Waals surface area (Å²) in [6.07, 6.45) is 3.65. The highest BCUT2D eigenvalue weighted by Gasteiger charge is 2.29. The van der Waals surface area contributed by atoms with Gasteiger partial charge in [0.15, 0.2) is 11.6 Å². The molecule has 23 heavy (non-hydrogen) atoms. The van der Waals surface area contributed by atoms with Gasteiger partial charge in [0.05, 0.1) is 11.9 Å². The van der Waals surface area contributed by atoms with Gasteiger partial charge in [-0.25, -0.2) is 17.2 Å². The monoisotopic (exact) mass is 348 g/mol. The third kappa shape index (κ3) is 5.46. The van der Waals surface area contributed by atoms with Crippen molar-refractivity contribution in [2.24, 2.45) is 0 Å². The lowest BCUT2D eigenvalue weighted by Crippen LogP contribution is -2.48. The molecule has 0 unspecified atom stereocenters. The van der Waals surface area contributed by atoms with Crippen LogP contribution >= 0.6 is 0 Å². The topological polar surface area (TPSA) is 66.5 Å². The molecule has 5 nitrogen and oxygen atoms in total. The Labute approximate surface area is 135 Å². The quantitative estimate of drug-likeness (QED) is 0.734. The average molecular weight is 348 g/mol. The van der Waals surface area contributed by atoms with Gasteiger partial charge >= 0.3 is 0 Å². The Morgan fingerprint density at radius 1 is 1.26 bits per heavy atom. The molecular weight excluding hydrogens is 326 g/mol. The van der Waals surface area contributed by atoms with Crippen molar-refractivity contribution < 1.29 is 22.0 Å². The molecule has 1 aromatic rings. The molecule has 0 radical (unpaired) electrons. The number of unbranched alkanes of at least 4 members (excludes halogenated alkanes) is 2. The van der Waals surface area contributed by atoms with E-state index in [1.165, 1.54) is 6.92 Å². The first-order chi connectivity index (χ1) is 10.7. The van der Waals surface area contributed by atoms with Crippen LogP contribution < -0.4 is 9.62 Å². The lowest BCUT2D eigenvalue weighted by Gasteiger charge is -2.28. The van der Waals surface area contributed by atoms with E-state index >= 15 is 0 Å². The third-order valence-electron chi connectivity index (χ3n) is 3.33. The SMILES string of the molecule is CCCCCNC(=O)[C@H](C)N(c1ccc(F)c(F)c1)S(C)(=O)=O. The summed E-state index contributed by atoms with van der Waals surface area (Å²) in [5.41, 5.74) is -0.0948. The molecule has 0 aromatic heterocycles. The van der Waals surface area contributed by atoms with Gasteiger partial charge in [0.25, 0.3) is 0 Å². The van der Waals surface area contributed by atoms with Gasteiger partial charge in [-0.15, -0.1) is 0 Å². The summed E-state index contributed by atoms with van der Waals surface area (Å²) in [7, 11) is -3.84. The summed E-state index contributed by atoms with van der Waals surface area (Å²) >= 11 is 0. The molecule has 0 fully saturated rings. The Morgan fingerprint density at radius 3 is 2.43 bits per heavy atom. The predicted octanol–water partition coefficient (Wildman–Crippen LogP) is 2.43. The first-order valence-electron chi connectivity index (χ1n) is 7.40. The lowest BCUT2D eigenvalue weighted by molar-refractivity contribution is -0.121. The molecule has 0 aliphatic rings. The van der Waals surface area contributed by atoms with Crippen LogP contribution in [0.3, 0.4) is 0 Å². The van der Waals surface area contributed by atoms with Crippen molar-refractivity contribution in [1.82, 2.24) is 5.32 Å². The highest BCUT2D eigenvalue weighted by Crippen LogP contribution is 2.23. The second kappa shape index (κ2) is 8.24. The minimum absolute atomic E-state index is 0.0948. The molecule has 0 saturated carbocycles. The number of nitrogens with zero attached hydrogens (tertiary/aromatic N) is 1. The molecular formula is C15H22F2N2O3S. The largest absolute Gasteiger partial charge is 0.354 e. The van der Waals surface area contributed by atoms with Crippen molar-refractivity contribution in [3.8, 4) is 0 Å². The minimum atomic E-state index is -3.84. The highest BCUT2D eigenvalue weighted by molar-refractivity contribution is 7.92. The van der Waals surface area contributed by atoms with E-state index in [4.69, 9.17) is 0 Å². The van der Waals surface area contributed by atoms with Crippen LogP contribution in [0, 0.1) is 11.6 Å². The minimum Gasteiger partial charge on any atom is -0.354 e. The normalized spacial score (nSPS) is 12.7. The van der Waals surface area contributed by atoms with Crippen molar-refractivity contribution >= 4 is 21.6 Å². The van der Waals surface area contributed by atoms with Crippen molar-refractivity contribution in [1.29, 1.82) is 0 Å². The Hall–Kier alpha value is -1.70. The van der Waals surface area contributed by atoms with E-state index in [2.05, 4.69) is 5.32 Å². The van der Waals surface area contributed by atoms with Gasteiger partial charge in [-0.2, -0.15) is 0 Å². The van der Waals surface area contributed by atoms with Crippen LogP contribution in [-0.4, -0.2) is 33.2 Å². The molecule has 0 aliphatic heterocycles. The average Bonchev–Trinajstić information content (AvgIpc) is 2.45. The smallest absolute Gasteiger partial charge is 0.243 e. The summed E-state index contributed by atoms with van der Waals surface area (Å²) < 4.78 is 51.2. The number of hydrogen-bond acceptors (Lipinski definition) is 3. The second-order valence-corrected chi connectivity index (χ2v) is 7.19. The zero-order valence-electron chi connectivity index (χ0n) is 13.5. The summed E-state index contributed by atoms with van der Waals surface area (Å²) in [6, 6.07) is 1.64. The first kappa shape index (κ1) is 19.3.